The first-order valence-corrected chi connectivity index (χ1v) is 6.31. The minimum Gasteiger partial charge on any atom is -0.301 e. The molecule has 1 aromatic carbocycles. The minimum absolute atomic E-state index is 0.109. The van der Waals surface area contributed by atoms with E-state index in [4.69, 9.17) is 0 Å². The Morgan fingerprint density at radius 3 is 2.72 bits per heavy atom. The van der Waals surface area contributed by atoms with E-state index in [-0.39, 0.29) is 17.9 Å². The molecule has 2 atom stereocenters. The average Bonchev–Trinajstić information content (AvgIpc) is 2.81. The Kier molecular flexibility index (Phi) is 4.03. The van der Waals surface area contributed by atoms with Crippen LogP contribution in [0.4, 0.5) is 4.39 Å². The highest BCUT2D eigenvalue weighted by Gasteiger charge is 2.16. The highest BCUT2D eigenvalue weighted by atomic mass is 79.9. The number of nitrogens with zero attached hydrogens (tertiary/aromatic N) is 3. The Morgan fingerprint density at radius 1 is 1.33 bits per heavy atom. The highest BCUT2D eigenvalue weighted by Crippen LogP contribution is 2.22. The van der Waals surface area contributed by atoms with Gasteiger partial charge in [-0.3, -0.25) is 0 Å². The molecule has 2 rings (SSSR count). The number of benzene rings is 1. The van der Waals surface area contributed by atoms with Crippen LogP contribution in [0.5, 0.6) is 0 Å². The predicted molar refractivity (Wildman–Crippen MR) is 68.2 cm³/mol. The van der Waals surface area contributed by atoms with E-state index >= 15 is 0 Å². The van der Waals surface area contributed by atoms with Gasteiger partial charge in [0, 0.05) is 16.1 Å². The van der Waals surface area contributed by atoms with Crippen molar-refractivity contribution in [2.45, 2.75) is 25.9 Å². The van der Waals surface area contributed by atoms with E-state index < -0.39 is 0 Å². The molecule has 2 N–H and O–H groups in total. The second-order valence-electron chi connectivity index (χ2n) is 4.05. The number of nitrogens with one attached hydrogen (secondary N) is 2. The Labute approximate surface area is 112 Å². The molecule has 7 heteroatoms. The van der Waals surface area contributed by atoms with E-state index in [1.54, 1.807) is 6.07 Å². The molecule has 18 heavy (non-hydrogen) atoms. The van der Waals surface area contributed by atoms with Gasteiger partial charge in [0.15, 0.2) is 5.82 Å². The molecule has 0 aliphatic carbocycles. The van der Waals surface area contributed by atoms with Gasteiger partial charge in [0.2, 0.25) is 0 Å². The van der Waals surface area contributed by atoms with Crippen LogP contribution < -0.4 is 5.32 Å². The van der Waals surface area contributed by atoms with Crippen molar-refractivity contribution in [3.8, 4) is 0 Å². The Hall–Kier alpha value is -1.34. The van der Waals surface area contributed by atoms with E-state index in [1.807, 2.05) is 19.9 Å². The Bertz CT molecular complexity index is 516. The molecule has 96 valence electrons. The molecular formula is C11H13BrFN5. The van der Waals surface area contributed by atoms with Crippen molar-refractivity contribution in [2.24, 2.45) is 0 Å². The molecular weight excluding hydrogens is 301 g/mol. The van der Waals surface area contributed by atoms with Gasteiger partial charge in [0.05, 0.1) is 6.04 Å². The van der Waals surface area contributed by atoms with Gasteiger partial charge >= 0.3 is 0 Å². The number of halogens is 2. The zero-order valence-electron chi connectivity index (χ0n) is 9.98. The van der Waals surface area contributed by atoms with Crippen LogP contribution in [0.15, 0.2) is 22.7 Å². The highest BCUT2D eigenvalue weighted by molar-refractivity contribution is 9.10. The lowest BCUT2D eigenvalue weighted by Gasteiger charge is -2.18. The van der Waals surface area contributed by atoms with Gasteiger partial charge < -0.3 is 5.32 Å². The van der Waals surface area contributed by atoms with Crippen LogP contribution in [0.25, 0.3) is 0 Å². The number of H-pyrrole nitrogens is 1. The van der Waals surface area contributed by atoms with Crippen LogP contribution in [-0.4, -0.2) is 20.6 Å². The number of rotatable bonds is 4. The van der Waals surface area contributed by atoms with Gasteiger partial charge in [-0.05, 0) is 26.0 Å². The van der Waals surface area contributed by atoms with Gasteiger partial charge in [-0.25, -0.2) is 4.39 Å². The van der Waals surface area contributed by atoms with Crippen molar-refractivity contribution < 1.29 is 4.39 Å². The molecule has 2 unspecified atom stereocenters. The smallest absolute Gasteiger partial charge is 0.191 e. The van der Waals surface area contributed by atoms with E-state index in [1.165, 1.54) is 6.07 Å². The van der Waals surface area contributed by atoms with Gasteiger partial charge in [0.1, 0.15) is 5.82 Å². The fraction of sp³-hybridized carbons (Fsp3) is 0.364. The summed E-state index contributed by atoms with van der Waals surface area (Å²) in [5.41, 5.74) is 0.605. The topological polar surface area (TPSA) is 66.5 Å². The number of hydrogen-bond acceptors (Lipinski definition) is 4. The van der Waals surface area contributed by atoms with E-state index in [2.05, 4.69) is 41.9 Å². The Balaban J connectivity index is 2.10. The first kappa shape index (κ1) is 13.1. The molecule has 0 amide bonds. The zero-order valence-corrected chi connectivity index (χ0v) is 11.6. The van der Waals surface area contributed by atoms with Gasteiger partial charge in [0.25, 0.3) is 0 Å². The first-order chi connectivity index (χ1) is 8.58. The molecule has 0 saturated heterocycles. The summed E-state index contributed by atoms with van der Waals surface area (Å²) in [5.74, 6) is 0.309. The van der Waals surface area contributed by atoms with Crippen LogP contribution >= 0.6 is 15.9 Å². The zero-order chi connectivity index (χ0) is 13.1. The second-order valence-corrected chi connectivity index (χ2v) is 4.96. The molecule has 0 fully saturated rings. The fourth-order valence-electron chi connectivity index (χ4n) is 1.74. The third-order valence-electron chi connectivity index (χ3n) is 2.68. The summed E-state index contributed by atoms with van der Waals surface area (Å²) >= 11 is 3.23. The molecule has 2 aromatic rings. The molecule has 0 saturated carbocycles. The SMILES string of the molecule is CC(NC(C)c1ccc(Br)cc1F)c1nn[nH]n1. The van der Waals surface area contributed by atoms with E-state index in [0.717, 1.165) is 4.47 Å². The summed E-state index contributed by atoms with van der Waals surface area (Å²) in [6.07, 6.45) is 0. The third-order valence-corrected chi connectivity index (χ3v) is 3.17. The number of aromatic nitrogens is 4. The summed E-state index contributed by atoms with van der Waals surface area (Å²) < 4.78 is 14.5. The summed E-state index contributed by atoms with van der Waals surface area (Å²) in [6.45, 7) is 3.79. The number of tetrazole rings is 1. The van der Waals surface area contributed by atoms with Crippen LogP contribution in [0.3, 0.4) is 0 Å². The molecule has 0 bridgehead atoms. The molecule has 1 aromatic heterocycles. The summed E-state index contributed by atoms with van der Waals surface area (Å²) in [6, 6.07) is 4.76. The van der Waals surface area contributed by atoms with Crippen LogP contribution in [0, 0.1) is 5.82 Å². The molecule has 1 heterocycles. The van der Waals surface area contributed by atoms with E-state index in [9.17, 15) is 4.39 Å². The van der Waals surface area contributed by atoms with Crippen LogP contribution in [0.1, 0.15) is 37.3 Å². The van der Waals surface area contributed by atoms with Crippen LogP contribution in [0.2, 0.25) is 0 Å². The first-order valence-electron chi connectivity index (χ1n) is 5.52. The summed E-state index contributed by atoms with van der Waals surface area (Å²) in [7, 11) is 0. The van der Waals surface area contributed by atoms with Gasteiger partial charge in [-0.2, -0.15) is 5.21 Å². The predicted octanol–water partition coefficient (Wildman–Crippen LogP) is 2.51. The summed E-state index contributed by atoms with van der Waals surface area (Å²) in [4.78, 5) is 0. The molecule has 0 spiro atoms. The normalized spacial score (nSPS) is 14.4. The fourth-order valence-corrected chi connectivity index (χ4v) is 2.08. The van der Waals surface area contributed by atoms with Crippen molar-refractivity contribution in [3.05, 3.63) is 39.9 Å². The maximum atomic E-state index is 13.8. The lowest BCUT2D eigenvalue weighted by Crippen LogP contribution is -2.24. The van der Waals surface area contributed by atoms with E-state index in [0.29, 0.717) is 11.4 Å². The van der Waals surface area contributed by atoms with Gasteiger partial charge in [-0.1, -0.05) is 27.2 Å². The van der Waals surface area contributed by atoms with Gasteiger partial charge in [-0.15, -0.1) is 10.2 Å². The summed E-state index contributed by atoms with van der Waals surface area (Å²) in [5, 5.41) is 16.9. The molecule has 0 radical (unpaired) electrons. The maximum absolute atomic E-state index is 13.8. The second kappa shape index (κ2) is 5.53. The molecule has 5 nitrogen and oxygen atoms in total. The minimum atomic E-state index is -0.246. The number of aromatic amines is 1. The Morgan fingerprint density at radius 2 is 2.11 bits per heavy atom. The molecule has 0 aliphatic rings. The molecule has 0 aliphatic heterocycles. The standard InChI is InChI=1S/C11H13BrFN5/c1-6(9-4-3-8(12)5-10(9)13)14-7(2)11-15-17-18-16-11/h3-7,14H,1-2H3,(H,15,16,17,18). The van der Waals surface area contributed by atoms with Crippen molar-refractivity contribution in [2.75, 3.05) is 0 Å². The third kappa shape index (κ3) is 2.91. The monoisotopic (exact) mass is 313 g/mol. The van der Waals surface area contributed by atoms with Crippen LogP contribution in [-0.2, 0) is 0 Å². The van der Waals surface area contributed by atoms with Crippen molar-refractivity contribution in [1.29, 1.82) is 0 Å². The average molecular weight is 314 g/mol. The van der Waals surface area contributed by atoms with Crippen molar-refractivity contribution in [3.63, 3.8) is 0 Å². The lowest BCUT2D eigenvalue weighted by atomic mass is 10.1. The quantitative estimate of drug-likeness (QED) is 0.910. The number of hydrogen-bond donors (Lipinski definition) is 2. The van der Waals surface area contributed by atoms with Crippen molar-refractivity contribution >= 4 is 15.9 Å². The maximum Gasteiger partial charge on any atom is 0.191 e. The van der Waals surface area contributed by atoms with Crippen molar-refractivity contribution in [1.82, 2.24) is 25.9 Å². The lowest BCUT2D eigenvalue weighted by molar-refractivity contribution is 0.460. The largest absolute Gasteiger partial charge is 0.301 e.